The van der Waals surface area contributed by atoms with Crippen LogP contribution < -0.4 is 10.9 Å². The van der Waals surface area contributed by atoms with Crippen molar-refractivity contribution in [3.8, 4) is 0 Å². The van der Waals surface area contributed by atoms with Crippen molar-refractivity contribution in [3.05, 3.63) is 27.7 Å². The number of hydrogen-bond acceptors (Lipinski definition) is 7. The largest absolute Gasteiger partial charge is 0.388 e. The molecule has 8 heteroatoms. The van der Waals surface area contributed by atoms with Gasteiger partial charge in [0.15, 0.2) is 5.78 Å². The molecule has 1 saturated carbocycles. The van der Waals surface area contributed by atoms with Crippen LogP contribution in [0.4, 0.5) is 5.95 Å². The highest BCUT2D eigenvalue weighted by molar-refractivity contribution is 6.05. The topological polar surface area (TPSA) is 106 Å². The lowest BCUT2D eigenvalue weighted by molar-refractivity contribution is -0.137. The molecule has 2 fully saturated rings. The third-order valence-electron chi connectivity index (χ3n) is 6.42. The van der Waals surface area contributed by atoms with Crippen molar-refractivity contribution in [1.82, 2.24) is 14.5 Å². The van der Waals surface area contributed by atoms with Crippen LogP contribution in [0.3, 0.4) is 0 Å². The molecular weight excluding hydrogens is 384 g/mol. The van der Waals surface area contributed by atoms with Crippen molar-refractivity contribution in [1.29, 1.82) is 0 Å². The van der Waals surface area contributed by atoms with Crippen molar-refractivity contribution in [2.75, 3.05) is 11.9 Å². The number of nitrogens with one attached hydrogen (secondary N) is 1. The Morgan fingerprint density at radius 2 is 1.97 bits per heavy atom. The van der Waals surface area contributed by atoms with Gasteiger partial charge >= 0.3 is 0 Å². The van der Waals surface area contributed by atoms with Gasteiger partial charge in [0.1, 0.15) is 17.4 Å². The van der Waals surface area contributed by atoms with Crippen LogP contribution in [-0.4, -0.2) is 49.8 Å². The molecule has 2 aromatic rings. The maximum absolute atomic E-state index is 12.9. The van der Waals surface area contributed by atoms with E-state index in [1.807, 2.05) is 20.8 Å². The number of rotatable bonds is 4. The summed E-state index contributed by atoms with van der Waals surface area (Å²) in [5.41, 5.74) is 0.702. The lowest BCUT2D eigenvalue weighted by atomic mass is 9.90. The fraction of sp³-hybridized carbons (Fsp3) is 0.636. The maximum atomic E-state index is 12.9. The standard InChI is InChI=1S/C22H30N4O4/c1-12-11-16(28)26(14-7-5-6-8-14)20-17(12)18(13(2)27)24-21(25-20)23-15-9-10-30-22(3,4)19(15)29/h11,14-15,19,29H,5-10H2,1-4H3,(H,23,24,25)/t15-,19+/m1/s1. The molecule has 0 bridgehead atoms. The Labute approximate surface area is 175 Å². The van der Waals surface area contributed by atoms with E-state index >= 15 is 0 Å². The van der Waals surface area contributed by atoms with Gasteiger partial charge in [-0.15, -0.1) is 0 Å². The quantitative estimate of drug-likeness (QED) is 0.741. The lowest BCUT2D eigenvalue weighted by Gasteiger charge is -2.40. The molecule has 8 nitrogen and oxygen atoms in total. The van der Waals surface area contributed by atoms with Gasteiger partial charge in [0, 0.05) is 25.6 Å². The fourth-order valence-corrected chi connectivity index (χ4v) is 4.75. The third-order valence-corrected chi connectivity index (χ3v) is 6.42. The van der Waals surface area contributed by atoms with Gasteiger partial charge in [-0.3, -0.25) is 14.2 Å². The Hall–Kier alpha value is -2.32. The second kappa shape index (κ2) is 7.74. The van der Waals surface area contributed by atoms with Gasteiger partial charge in [-0.05, 0) is 45.6 Å². The van der Waals surface area contributed by atoms with Gasteiger partial charge in [-0.1, -0.05) is 12.8 Å². The highest BCUT2D eigenvalue weighted by atomic mass is 16.5. The summed E-state index contributed by atoms with van der Waals surface area (Å²) in [7, 11) is 0. The van der Waals surface area contributed by atoms with Crippen molar-refractivity contribution >= 4 is 22.8 Å². The average molecular weight is 415 g/mol. The SMILES string of the molecule is CC(=O)c1nc(N[C@@H]2CCOC(C)(C)[C@H]2O)nc2c1c(C)cc(=O)n2C1CCCC1. The van der Waals surface area contributed by atoms with Crippen LogP contribution in [0.1, 0.15) is 75.0 Å². The molecule has 1 aliphatic carbocycles. The molecule has 2 N–H and O–H groups in total. The number of aliphatic hydroxyl groups is 1. The summed E-state index contributed by atoms with van der Waals surface area (Å²) in [6, 6.07) is 1.34. The van der Waals surface area contributed by atoms with Crippen molar-refractivity contribution < 1.29 is 14.6 Å². The molecule has 30 heavy (non-hydrogen) atoms. The van der Waals surface area contributed by atoms with Crippen LogP contribution in [-0.2, 0) is 4.74 Å². The minimum absolute atomic E-state index is 0.0794. The molecular formula is C22H30N4O4. The zero-order chi connectivity index (χ0) is 21.6. The summed E-state index contributed by atoms with van der Waals surface area (Å²) >= 11 is 0. The number of aryl methyl sites for hydroxylation is 1. The predicted molar refractivity (Wildman–Crippen MR) is 114 cm³/mol. The van der Waals surface area contributed by atoms with Crippen LogP contribution >= 0.6 is 0 Å². The molecule has 1 aliphatic heterocycles. The number of aromatic nitrogens is 3. The van der Waals surface area contributed by atoms with Crippen LogP contribution in [0.2, 0.25) is 0 Å². The first kappa shape index (κ1) is 20.9. The molecule has 0 unspecified atom stereocenters. The van der Waals surface area contributed by atoms with E-state index < -0.39 is 11.7 Å². The number of anilines is 1. The summed E-state index contributed by atoms with van der Waals surface area (Å²) in [5.74, 6) is 0.0734. The molecule has 162 valence electrons. The van der Waals surface area contributed by atoms with E-state index in [1.165, 1.54) is 6.92 Å². The second-order valence-corrected chi connectivity index (χ2v) is 9.06. The van der Waals surface area contributed by atoms with E-state index in [0.29, 0.717) is 35.3 Å². The van der Waals surface area contributed by atoms with Gasteiger partial charge in [0.05, 0.1) is 17.0 Å². The zero-order valence-corrected chi connectivity index (χ0v) is 18.1. The molecule has 1 saturated heterocycles. The number of Topliss-reactive ketones (excluding diaryl/α,β-unsaturated/α-hetero) is 1. The molecule has 0 aromatic carbocycles. The van der Waals surface area contributed by atoms with Crippen LogP contribution in [0, 0.1) is 6.92 Å². The number of pyridine rings is 1. The monoisotopic (exact) mass is 414 g/mol. The molecule has 0 amide bonds. The minimum atomic E-state index is -0.763. The predicted octanol–water partition coefficient (Wildman–Crippen LogP) is 2.76. The zero-order valence-electron chi connectivity index (χ0n) is 18.1. The highest BCUT2D eigenvalue weighted by Crippen LogP contribution is 2.32. The lowest BCUT2D eigenvalue weighted by Crippen LogP contribution is -2.54. The summed E-state index contributed by atoms with van der Waals surface area (Å²) < 4.78 is 7.40. The third kappa shape index (κ3) is 3.63. The summed E-state index contributed by atoms with van der Waals surface area (Å²) in [6.07, 6.45) is 3.82. The molecule has 0 spiro atoms. The fourth-order valence-electron chi connectivity index (χ4n) is 4.75. The first-order chi connectivity index (χ1) is 14.2. The summed E-state index contributed by atoms with van der Waals surface area (Å²) in [5, 5.41) is 14.5. The van der Waals surface area contributed by atoms with Crippen LogP contribution in [0.15, 0.2) is 10.9 Å². The van der Waals surface area contributed by atoms with E-state index in [4.69, 9.17) is 9.72 Å². The maximum Gasteiger partial charge on any atom is 0.252 e. The van der Waals surface area contributed by atoms with Gasteiger partial charge in [0.2, 0.25) is 5.95 Å². The van der Waals surface area contributed by atoms with Crippen LogP contribution in [0.5, 0.6) is 0 Å². The Morgan fingerprint density at radius 1 is 1.27 bits per heavy atom. The Balaban J connectivity index is 1.86. The summed E-state index contributed by atoms with van der Waals surface area (Å²) in [6.45, 7) is 7.48. The normalized spacial score (nSPS) is 24.3. The van der Waals surface area contributed by atoms with Gasteiger partial charge in [-0.2, -0.15) is 4.98 Å². The van der Waals surface area contributed by atoms with E-state index in [9.17, 15) is 14.7 Å². The van der Waals surface area contributed by atoms with E-state index in [1.54, 1.807) is 10.6 Å². The number of hydrogen-bond donors (Lipinski definition) is 2. The molecule has 4 rings (SSSR count). The highest BCUT2D eigenvalue weighted by Gasteiger charge is 2.39. The number of aliphatic hydroxyl groups excluding tert-OH is 1. The molecule has 2 atom stereocenters. The molecule has 0 radical (unpaired) electrons. The van der Waals surface area contributed by atoms with Gasteiger partial charge in [0.25, 0.3) is 5.56 Å². The number of nitrogens with zero attached hydrogens (tertiary/aromatic N) is 3. The van der Waals surface area contributed by atoms with Gasteiger partial charge < -0.3 is 15.2 Å². The Morgan fingerprint density at radius 3 is 2.63 bits per heavy atom. The number of ketones is 1. The number of carbonyl (C=O) groups excluding carboxylic acids is 1. The smallest absolute Gasteiger partial charge is 0.252 e. The van der Waals surface area contributed by atoms with E-state index in [2.05, 4.69) is 10.3 Å². The average Bonchev–Trinajstić information content (AvgIpc) is 3.19. The van der Waals surface area contributed by atoms with Crippen LogP contribution in [0.25, 0.3) is 11.0 Å². The summed E-state index contributed by atoms with van der Waals surface area (Å²) in [4.78, 5) is 34.6. The number of fused-ring (bicyclic) bond motifs is 1. The Kier molecular flexibility index (Phi) is 5.40. The molecule has 3 heterocycles. The van der Waals surface area contributed by atoms with Crippen molar-refractivity contribution in [2.45, 2.75) is 83.6 Å². The molecule has 2 aromatic heterocycles. The first-order valence-corrected chi connectivity index (χ1v) is 10.7. The van der Waals surface area contributed by atoms with Crippen molar-refractivity contribution in [2.24, 2.45) is 0 Å². The van der Waals surface area contributed by atoms with E-state index in [-0.39, 0.29) is 29.4 Å². The van der Waals surface area contributed by atoms with E-state index in [0.717, 1.165) is 25.7 Å². The van der Waals surface area contributed by atoms with Gasteiger partial charge in [-0.25, -0.2) is 4.98 Å². The molecule has 2 aliphatic rings. The van der Waals surface area contributed by atoms with Crippen molar-refractivity contribution in [3.63, 3.8) is 0 Å². The minimum Gasteiger partial charge on any atom is -0.388 e. The Bertz CT molecular complexity index is 1040. The first-order valence-electron chi connectivity index (χ1n) is 10.7. The second-order valence-electron chi connectivity index (χ2n) is 9.06. The number of ether oxygens (including phenoxy) is 1. The number of carbonyl (C=O) groups is 1.